The smallest absolute Gasteiger partial charge is 0.185 e. The zero-order chi connectivity index (χ0) is 10.4. The van der Waals surface area contributed by atoms with Crippen molar-refractivity contribution in [3.8, 4) is 0 Å². The molecule has 0 radical (unpaired) electrons. The first kappa shape index (κ1) is 11.2. The lowest BCUT2D eigenvalue weighted by Gasteiger charge is -1.95. The maximum atomic E-state index is 11.5. The molecule has 0 aliphatic heterocycles. The van der Waals surface area contributed by atoms with Crippen LogP contribution in [0.2, 0.25) is 0 Å². The molecule has 0 heterocycles. The zero-order valence-electron chi connectivity index (χ0n) is 8.16. The SMILES string of the molecule is CCC/C=C/C(=O)c1ccc(Br)cc1. The third-order valence-electron chi connectivity index (χ3n) is 1.85. The third kappa shape index (κ3) is 3.46. The summed E-state index contributed by atoms with van der Waals surface area (Å²) in [4.78, 5) is 11.5. The summed E-state index contributed by atoms with van der Waals surface area (Å²) >= 11 is 3.33. The molecular formula is C12H13BrO. The Labute approximate surface area is 93.0 Å². The van der Waals surface area contributed by atoms with Gasteiger partial charge < -0.3 is 0 Å². The van der Waals surface area contributed by atoms with Crippen LogP contribution in [-0.2, 0) is 0 Å². The van der Waals surface area contributed by atoms with E-state index in [1.807, 2.05) is 30.3 Å². The van der Waals surface area contributed by atoms with Gasteiger partial charge >= 0.3 is 0 Å². The first-order valence-electron chi connectivity index (χ1n) is 4.70. The second kappa shape index (κ2) is 5.76. The van der Waals surface area contributed by atoms with Crippen LogP contribution in [-0.4, -0.2) is 5.78 Å². The molecule has 74 valence electrons. The van der Waals surface area contributed by atoms with Gasteiger partial charge in [0.25, 0.3) is 0 Å². The Morgan fingerprint density at radius 3 is 2.57 bits per heavy atom. The summed E-state index contributed by atoms with van der Waals surface area (Å²) in [5.41, 5.74) is 0.737. The summed E-state index contributed by atoms with van der Waals surface area (Å²) < 4.78 is 0.992. The van der Waals surface area contributed by atoms with Gasteiger partial charge in [-0.2, -0.15) is 0 Å². The van der Waals surface area contributed by atoms with E-state index in [0.717, 1.165) is 22.9 Å². The van der Waals surface area contributed by atoms with Crippen molar-refractivity contribution in [1.82, 2.24) is 0 Å². The van der Waals surface area contributed by atoms with Gasteiger partial charge in [-0.3, -0.25) is 4.79 Å². The van der Waals surface area contributed by atoms with Gasteiger partial charge in [0, 0.05) is 10.0 Å². The fourth-order valence-electron chi connectivity index (χ4n) is 1.07. The van der Waals surface area contributed by atoms with Crippen LogP contribution in [0, 0.1) is 0 Å². The van der Waals surface area contributed by atoms with Gasteiger partial charge in [-0.15, -0.1) is 0 Å². The standard InChI is InChI=1S/C12H13BrO/c1-2-3-4-5-12(14)10-6-8-11(13)9-7-10/h4-9H,2-3H2,1H3/b5-4+. The van der Waals surface area contributed by atoms with Gasteiger partial charge in [0.2, 0.25) is 0 Å². The maximum Gasteiger partial charge on any atom is 0.185 e. The third-order valence-corrected chi connectivity index (χ3v) is 2.38. The molecule has 0 aromatic heterocycles. The van der Waals surface area contributed by atoms with Crippen LogP contribution >= 0.6 is 15.9 Å². The molecule has 1 aromatic rings. The van der Waals surface area contributed by atoms with E-state index in [4.69, 9.17) is 0 Å². The summed E-state index contributed by atoms with van der Waals surface area (Å²) in [5, 5.41) is 0. The molecule has 0 saturated carbocycles. The molecule has 0 fully saturated rings. The van der Waals surface area contributed by atoms with Gasteiger partial charge in [0.1, 0.15) is 0 Å². The molecule has 1 aromatic carbocycles. The summed E-state index contributed by atoms with van der Waals surface area (Å²) in [6.07, 6.45) is 5.60. The Kier molecular flexibility index (Phi) is 4.60. The van der Waals surface area contributed by atoms with Gasteiger partial charge in [0.05, 0.1) is 0 Å². The molecule has 0 aliphatic carbocycles. The van der Waals surface area contributed by atoms with Gasteiger partial charge in [0.15, 0.2) is 5.78 Å². The van der Waals surface area contributed by atoms with Crippen molar-refractivity contribution in [2.75, 3.05) is 0 Å². The molecule has 0 unspecified atom stereocenters. The van der Waals surface area contributed by atoms with E-state index in [-0.39, 0.29) is 5.78 Å². The van der Waals surface area contributed by atoms with E-state index in [2.05, 4.69) is 22.9 Å². The number of carbonyl (C=O) groups excluding carboxylic acids is 1. The quantitative estimate of drug-likeness (QED) is 0.585. The molecule has 0 N–H and O–H groups in total. The van der Waals surface area contributed by atoms with Crippen molar-refractivity contribution in [3.05, 3.63) is 46.5 Å². The first-order valence-corrected chi connectivity index (χ1v) is 5.49. The monoisotopic (exact) mass is 252 g/mol. The Morgan fingerprint density at radius 1 is 1.36 bits per heavy atom. The minimum Gasteiger partial charge on any atom is -0.289 e. The number of hydrogen-bond donors (Lipinski definition) is 0. The second-order valence-corrected chi connectivity index (χ2v) is 3.98. The van der Waals surface area contributed by atoms with E-state index in [1.54, 1.807) is 6.08 Å². The van der Waals surface area contributed by atoms with Gasteiger partial charge in [-0.25, -0.2) is 0 Å². The molecule has 1 nitrogen and oxygen atoms in total. The molecule has 0 amide bonds. The number of benzene rings is 1. The average molecular weight is 253 g/mol. The largest absolute Gasteiger partial charge is 0.289 e. The maximum absolute atomic E-state index is 11.5. The fraction of sp³-hybridized carbons (Fsp3) is 0.250. The highest BCUT2D eigenvalue weighted by Gasteiger charge is 1.99. The van der Waals surface area contributed by atoms with E-state index >= 15 is 0 Å². The molecule has 0 aliphatic rings. The average Bonchev–Trinajstić information content (AvgIpc) is 2.19. The number of halogens is 1. The number of rotatable bonds is 4. The van der Waals surface area contributed by atoms with Crippen LogP contribution in [0.15, 0.2) is 40.9 Å². The highest BCUT2D eigenvalue weighted by Crippen LogP contribution is 2.11. The predicted molar refractivity (Wildman–Crippen MR) is 62.5 cm³/mol. The molecule has 0 bridgehead atoms. The normalized spacial score (nSPS) is 10.7. The molecule has 0 atom stereocenters. The molecule has 14 heavy (non-hydrogen) atoms. The number of ketones is 1. The van der Waals surface area contributed by atoms with Crippen LogP contribution in [0.5, 0.6) is 0 Å². The Morgan fingerprint density at radius 2 is 2.00 bits per heavy atom. The summed E-state index contributed by atoms with van der Waals surface area (Å²) in [6.45, 7) is 2.09. The molecule has 2 heteroatoms. The Hall–Kier alpha value is -0.890. The van der Waals surface area contributed by atoms with Crippen molar-refractivity contribution in [3.63, 3.8) is 0 Å². The summed E-state index contributed by atoms with van der Waals surface area (Å²) in [6, 6.07) is 7.40. The lowest BCUT2D eigenvalue weighted by Crippen LogP contribution is -1.92. The second-order valence-electron chi connectivity index (χ2n) is 3.06. The summed E-state index contributed by atoms with van der Waals surface area (Å²) in [5.74, 6) is 0.0750. The number of carbonyl (C=O) groups is 1. The topological polar surface area (TPSA) is 17.1 Å². The number of allylic oxidation sites excluding steroid dienone is 2. The minimum absolute atomic E-state index is 0.0750. The van der Waals surface area contributed by atoms with E-state index < -0.39 is 0 Å². The number of hydrogen-bond acceptors (Lipinski definition) is 1. The number of unbranched alkanes of at least 4 members (excludes halogenated alkanes) is 1. The minimum atomic E-state index is 0.0750. The van der Waals surface area contributed by atoms with Crippen molar-refractivity contribution in [1.29, 1.82) is 0 Å². The van der Waals surface area contributed by atoms with Crippen LogP contribution < -0.4 is 0 Å². The van der Waals surface area contributed by atoms with Crippen molar-refractivity contribution < 1.29 is 4.79 Å². The lowest BCUT2D eigenvalue weighted by atomic mass is 10.1. The van der Waals surface area contributed by atoms with E-state index in [0.29, 0.717) is 0 Å². The fourth-order valence-corrected chi connectivity index (χ4v) is 1.33. The van der Waals surface area contributed by atoms with Crippen molar-refractivity contribution >= 4 is 21.7 Å². The molecular weight excluding hydrogens is 240 g/mol. The van der Waals surface area contributed by atoms with Crippen LogP contribution in [0.4, 0.5) is 0 Å². The predicted octanol–water partition coefficient (Wildman–Crippen LogP) is 3.99. The van der Waals surface area contributed by atoms with E-state index in [9.17, 15) is 4.79 Å². The molecule has 0 saturated heterocycles. The van der Waals surface area contributed by atoms with Crippen LogP contribution in [0.1, 0.15) is 30.1 Å². The van der Waals surface area contributed by atoms with Crippen molar-refractivity contribution in [2.45, 2.75) is 19.8 Å². The summed E-state index contributed by atoms with van der Waals surface area (Å²) in [7, 11) is 0. The highest BCUT2D eigenvalue weighted by molar-refractivity contribution is 9.10. The van der Waals surface area contributed by atoms with Crippen LogP contribution in [0.25, 0.3) is 0 Å². The molecule has 1 rings (SSSR count). The van der Waals surface area contributed by atoms with E-state index in [1.165, 1.54) is 0 Å². The van der Waals surface area contributed by atoms with Crippen molar-refractivity contribution in [2.24, 2.45) is 0 Å². The lowest BCUT2D eigenvalue weighted by molar-refractivity contribution is 0.104. The van der Waals surface area contributed by atoms with Gasteiger partial charge in [-0.05, 0) is 36.8 Å². The molecule has 0 spiro atoms. The van der Waals surface area contributed by atoms with Gasteiger partial charge in [-0.1, -0.05) is 35.4 Å². The van der Waals surface area contributed by atoms with Crippen LogP contribution in [0.3, 0.4) is 0 Å². The Balaban J connectivity index is 2.65. The first-order chi connectivity index (χ1) is 6.74. The highest BCUT2D eigenvalue weighted by atomic mass is 79.9. The zero-order valence-corrected chi connectivity index (χ0v) is 9.75. The Bertz CT molecular complexity index is 325.